The Kier molecular flexibility index (Phi) is 3.54. The van der Waals surface area contributed by atoms with Crippen molar-refractivity contribution in [1.82, 2.24) is 9.55 Å². The largest absolute Gasteiger partial charge is 0.315 e. The number of hydrogen-bond acceptors (Lipinski definition) is 3. The lowest BCUT2D eigenvalue weighted by molar-refractivity contribution is 0.0971. The number of carbonyl (C=O) groups excluding carboxylic acids is 1. The second-order valence-corrected chi connectivity index (χ2v) is 4.67. The summed E-state index contributed by atoms with van der Waals surface area (Å²) in [6.45, 7) is 0.142. The fourth-order valence-corrected chi connectivity index (χ4v) is 1.79. The van der Waals surface area contributed by atoms with Crippen LogP contribution in [0.4, 0.5) is 0 Å². The van der Waals surface area contributed by atoms with Gasteiger partial charge in [-0.05, 0) is 34.7 Å². The van der Waals surface area contributed by atoms with E-state index in [1.807, 2.05) is 18.2 Å². The zero-order chi connectivity index (χ0) is 12.3. The smallest absolute Gasteiger partial charge is 0.213 e. The predicted molar refractivity (Wildman–Crippen MR) is 70.4 cm³/mol. The highest BCUT2D eigenvalue weighted by Crippen LogP contribution is 2.09. The average Bonchev–Trinajstić information content (AvgIpc) is 2.77. The molecule has 0 spiro atoms. The molecule has 0 N–H and O–H groups in total. The van der Waals surface area contributed by atoms with E-state index in [1.165, 1.54) is 6.20 Å². The summed E-state index contributed by atoms with van der Waals surface area (Å²) in [5, 5.41) is 8.78. The van der Waals surface area contributed by atoms with Crippen LogP contribution in [-0.4, -0.2) is 15.3 Å². The van der Waals surface area contributed by atoms with Crippen molar-refractivity contribution in [2.45, 2.75) is 6.54 Å². The quantitative estimate of drug-likeness (QED) is 0.638. The maximum absolute atomic E-state index is 11.9. The molecule has 0 saturated heterocycles. The lowest BCUT2D eigenvalue weighted by atomic mass is 10.1. The standard InChI is InChI=1S/C12H8IN3O/c13-10-3-1-9(2-4-10)11(17)8-16-6-5-15-12(16)7-14/h1-6H,8H2. The number of benzene rings is 1. The summed E-state index contributed by atoms with van der Waals surface area (Å²) in [6, 6.07) is 9.27. The van der Waals surface area contributed by atoms with Crippen LogP contribution in [0.5, 0.6) is 0 Å². The Morgan fingerprint density at radius 1 is 1.41 bits per heavy atom. The Morgan fingerprint density at radius 2 is 2.12 bits per heavy atom. The van der Waals surface area contributed by atoms with Crippen molar-refractivity contribution in [2.75, 3.05) is 0 Å². The van der Waals surface area contributed by atoms with E-state index in [0.717, 1.165) is 3.57 Å². The van der Waals surface area contributed by atoms with E-state index < -0.39 is 0 Å². The predicted octanol–water partition coefficient (Wildman–Crippen LogP) is 2.24. The Hall–Kier alpha value is -1.68. The van der Waals surface area contributed by atoms with Crippen molar-refractivity contribution in [3.05, 3.63) is 51.6 Å². The van der Waals surface area contributed by atoms with E-state index >= 15 is 0 Å². The molecule has 2 aromatic rings. The molecule has 1 aromatic heterocycles. The molecule has 1 aromatic carbocycles. The second kappa shape index (κ2) is 5.10. The fraction of sp³-hybridized carbons (Fsp3) is 0.0833. The monoisotopic (exact) mass is 337 g/mol. The summed E-state index contributed by atoms with van der Waals surface area (Å²) < 4.78 is 2.62. The number of nitriles is 1. The summed E-state index contributed by atoms with van der Waals surface area (Å²) in [5.41, 5.74) is 0.642. The van der Waals surface area contributed by atoms with E-state index in [4.69, 9.17) is 5.26 Å². The molecule has 17 heavy (non-hydrogen) atoms. The molecule has 0 radical (unpaired) electrons. The Morgan fingerprint density at radius 3 is 2.76 bits per heavy atom. The molecule has 0 amide bonds. The summed E-state index contributed by atoms with van der Waals surface area (Å²) in [5.74, 6) is 0.222. The minimum absolute atomic E-state index is 0.0316. The summed E-state index contributed by atoms with van der Waals surface area (Å²) >= 11 is 2.18. The number of rotatable bonds is 3. The summed E-state index contributed by atoms with van der Waals surface area (Å²) in [4.78, 5) is 15.8. The van der Waals surface area contributed by atoms with Gasteiger partial charge in [0, 0.05) is 21.5 Å². The average molecular weight is 337 g/mol. The van der Waals surface area contributed by atoms with Crippen molar-refractivity contribution in [2.24, 2.45) is 0 Å². The van der Waals surface area contributed by atoms with Crippen LogP contribution in [0.2, 0.25) is 0 Å². The third-order valence-electron chi connectivity index (χ3n) is 2.30. The molecular weight excluding hydrogens is 329 g/mol. The number of Topliss-reactive ketones (excluding diaryl/α,β-unsaturated/α-hetero) is 1. The van der Waals surface area contributed by atoms with Gasteiger partial charge in [0.1, 0.15) is 6.07 Å². The molecule has 0 bridgehead atoms. The van der Waals surface area contributed by atoms with Crippen LogP contribution in [0.15, 0.2) is 36.7 Å². The minimum Gasteiger partial charge on any atom is -0.315 e. The maximum atomic E-state index is 11.9. The first-order chi connectivity index (χ1) is 8.20. The van der Waals surface area contributed by atoms with Gasteiger partial charge >= 0.3 is 0 Å². The molecular formula is C12H8IN3O. The number of halogens is 1. The number of carbonyl (C=O) groups is 1. The fourth-order valence-electron chi connectivity index (χ4n) is 1.43. The zero-order valence-corrected chi connectivity index (χ0v) is 11.0. The molecule has 0 aliphatic heterocycles. The molecule has 0 fully saturated rings. The molecule has 0 unspecified atom stereocenters. The van der Waals surface area contributed by atoms with Gasteiger partial charge < -0.3 is 4.57 Å². The zero-order valence-electron chi connectivity index (χ0n) is 8.80. The van der Waals surface area contributed by atoms with Crippen molar-refractivity contribution in [3.63, 3.8) is 0 Å². The van der Waals surface area contributed by atoms with E-state index in [2.05, 4.69) is 27.6 Å². The van der Waals surface area contributed by atoms with Crippen molar-refractivity contribution >= 4 is 28.4 Å². The van der Waals surface area contributed by atoms with Crippen LogP contribution in [0.1, 0.15) is 16.2 Å². The third-order valence-corrected chi connectivity index (χ3v) is 3.01. The van der Waals surface area contributed by atoms with Gasteiger partial charge in [0.05, 0.1) is 6.54 Å². The Labute approximate surface area is 112 Å². The van der Waals surface area contributed by atoms with Gasteiger partial charge in [-0.3, -0.25) is 4.79 Å². The molecule has 0 saturated carbocycles. The summed E-state index contributed by atoms with van der Waals surface area (Å²) in [7, 11) is 0. The van der Waals surface area contributed by atoms with E-state index in [1.54, 1.807) is 22.9 Å². The highest BCUT2D eigenvalue weighted by molar-refractivity contribution is 14.1. The lowest BCUT2D eigenvalue weighted by Gasteiger charge is -2.03. The Balaban J connectivity index is 2.18. The molecule has 0 aliphatic rings. The number of hydrogen-bond donors (Lipinski definition) is 0. The van der Waals surface area contributed by atoms with Gasteiger partial charge in [-0.25, -0.2) is 4.98 Å². The van der Waals surface area contributed by atoms with Gasteiger partial charge in [-0.15, -0.1) is 0 Å². The van der Waals surface area contributed by atoms with Gasteiger partial charge in [0.25, 0.3) is 0 Å². The van der Waals surface area contributed by atoms with E-state index in [0.29, 0.717) is 5.56 Å². The highest BCUT2D eigenvalue weighted by Gasteiger charge is 2.09. The van der Waals surface area contributed by atoms with Crippen molar-refractivity contribution in [3.8, 4) is 6.07 Å². The molecule has 4 nitrogen and oxygen atoms in total. The van der Waals surface area contributed by atoms with Crippen molar-refractivity contribution < 1.29 is 4.79 Å². The number of aromatic nitrogens is 2. The number of imidazole rings is 1. The molecule has 84 valence electrons. The first-order valence-corrected chi connectivity index (χ1v) is 5.98. The van der Waals surface area contributed by atoms with Crippen LogP contribution < -0.4 is 0 Å². The van der Waals surface area contributed by atoms with Gasteiger partial charge in [-0.1, -0.05) is 12.1 Å². The minimum atomic E-state index is -0.0316. The first-order valence-electron chi connectivity index (χ1n) is 4.90. The molecule has 2 rings (SSSR count). The number of nitrogens with zero attached hydrogens (tertiary/aromatic N) is 3. The van der Waals surface area contributed by atoms with Crippen LogP contribution in [-0.2, 0) is 6.54 Å². The topological polar surface area (TPSA) is 58.7 Å². The summed E-state index contributed by atoms with van der Waals surface area (Å²) in [6.07, 6.45) is 3.14. The van der Waals surface area contributed by atoms with Crippen LogP contribution in [0.25, 0.3) is 0 Å². The maximum Gasteiger partial charge on any atom is 0.213 e. The molecule has 5 heteroatoms. The van der Waals surface area contributed by atoms with Gasteiger partial charge in [0.15, 0.2) is 5.78 Å². The van der Waals surface area contributed by atoms with E-state index in [9.17, 15) is 4.79 Å². The molecule has 1 heterocycles. The second-order valence-electron chi connectivity index (χ2n) is 3.42. The van der Waals surface area contributed by atoms with E-state index in [-0.39, 0.29) is 18.2 Å². The number of ketones is 1. The third kappa shape index (κ3) is 2.71. The van der Waals surface area contributed by atoms with Gasteiger partial charge in [0.2, 0.25) is 5.82 Å². The van der Waals surface area contributed by atoms with Crippen LogP contribution in [0, 0.1) is 14.9 Å². The van der Waals surface area contributed by atoms with Crippen LogP contribution >= 0.6 is 22.6 Å². The van der Waals surface area contributed by atoms with Crippen LogP contribution in [0.3, 0.4) is 0 Å². The Bertz CT molecular complexity index is 581. The molecule has 0 atom stereocenters. The van der Waals surface area contributed by atoms with Gasteiger partial charge in [-0.2, -0.15) is 5.26 Å². The molecule has 0 aliphatic carbocycles. The SMILES string of the molecule is N#Cc1nccn1CC(=O)c1ccc(I)cc1. The first kappa shape index (κ1) is 11.8. The normalized spacial score (nSPS) is 9.88. The highest BCUT2D eigenvalue weighted by atomic mass is 127. The lowest BCUT2D eigenvalue weighted by Crippen LogP contribution is -2.11. The van der Waals surface area contributed by atoms with Crippen molar-refractivity contribution in [1.29, 1.82) is 5.26 Å².